The number of methoxy groups -OCH3 is 2. The summed E-state index contributed by atoms with van der Waals surface area (Å²) in [4.78, 5) is 14.5. The summed E-state index contributed by atoms with van der Waals surface area (Å²) in [5, 5.41) is 4.71. The molecule has 0 atom stereocenters. The van der Waals surface area contributed by atoms with Gasteiger partial charge in [0, 0.05) is 50.2 Å². The predicted octanol–water partition coefficient (Wildman–Crippen LogP) is 3.93. The van der Waals surface area contributed by atoms with Crippen LogP contribution in [0.4, 0.5) is 11.8 Å². The zero-order chi connectivity index (χ0) is 21.9. The fourth-order valence-corrected chi connectivity index (χ4v) is 4.48. The van der Waals surface area contributed by atoms with Crippen LogP contribution in [0.1, 0.15) is 24.8 Å². The minimum absolute atomic E-state index is 0.387. The van der Waals surface area contributed by atoms with E-state index in [1.165, 1.54) is 12.0 Å². The number of hydrogen-bond acceptors (Lipinski definition) is 7. The first-order valence-electron chi connectivity index (χ1n) is 11.4. The molecule has 7 heteroatoms. The van der Waals surface area contributed by atoms with Gasteiger partial charge in [0.05, 0.1) is 19.7 Å². The zero-order valence-corrected chi connectivity index (χ0v) is 18.9. The highest BCUT2D eigenvalue weighted by atomic mass is 16.5. The molecule has 0 unspecified atom stereocenters. The van der Waals surface area contributed by atoms with Crippen molar-refractivity contribution in [2.24, 2.45) is 0 Å². The van der Waals surface area contributed by atoms with E-state index in [0.29, 0.717) is 17.5 Å². The van der Waals surface area contributed by atoms with Gasteiger partial charge in [0.15, 0.2) is 11.5 Å². The topological polar surface area (TPSA) is 62.8 Å². The second-order valence-corrected chi connectivity index (χ2v) is 8.62. The third-order valence-corrected chi connectivity index (χ3v) is 6.51. The van der Waals surface area contributed by atoms with Crippen LogP contribution in [0.5, 0.6) is 11.5 Å². The number of benzene rings is 2. The van der Waals surface area contributed by atoms with Crippen LogP contribution in [0.15, 0.2) is 42.5 Å². The Hall–Kier alpha value is -3.06. The van der Waals surface area contributed by atoms with E-state index in [2.05, 4.69) is 45.4 Å². The van der Waals surface area contributed by atoms with Gasteiger partial charge >= 0.3 is 0 Å². The first-order chi connectivity index (χ1) is 15.7. The Balaban J connectivity index is 1.36. The monoisotopic (exact) mass is 433 g/mol. The lowest BCUT2D eigenvalue weighted by Crippen LogP contribution is -2.40. The van der Waals surface area contributed by atoms with Crippen LogP contribution in [0.3, 0.4) is 0 Å². The van der Waals surface area contributed by atoms with Gasteiger partial charge in [-0.15, -0.1) is 0 Å². The number of likely N-dealkylation sites (tertiary alicyclic amines) is 1. The molecule has 1 aromatic heterocycles. The fourth-order valence-electron chi connectivity index (χ4n) is 4.48. The summed E-state index contributed by atoms with van der Waals surface area (Å²) in [7, 11) is 3.32. The predicted molar refractivity (Wildman–Crippen MR) is 128 cm³/mol. The van der Waals surface area contributed by atoms with E-state index in [0.717, 1.165) is 68.2 Å². The first kappa shape index (κ1) is 20.8. The van der Waals surface area contributed by atoms with E-state index in [1.807, 2.05) is 12.1 Å². The van der Waals surface area contributed by atoms with E-state index >= 15 is 0 Å². The summed E-state index contributed by atoms with van der Waals surface area (Å²) >= 11 is 0. The molecule has 1 N–H and O–H groups in total. The van der Waals surface area contributed by atoms with Crippen molar-refractivity contribution < 1.29 is 9.47 Å². The molecule has 2 aliphatic heterocycles. The normalized spacial score (nSPS) is 17.2. The fraction of sp³-hybridized carbons (Fsp3) is 0.440. The molecule has 5 rings (SSSR count). The summed E-state index contributed by atoms with van der Waals surface area (Å²) in [6.07, 6.45) is 3.37. The van der Waals surface area contributed by atoms with Crippen molar-refractivity contribution in [3.8, 4) is 11.5 Å². The number of ether oxygens (including phenoxy) is 2. The van der Waals surface area contributed by atoms with Crippen LogP contribution in [0.2, 0.25) is 0 Å². The molecule has 0 saturated carbocycles. The molecule has 2 fully saturated rings. The Bertz CT molecular complexity index is 1060. The van der Waals surface area contributed by atoms with Crippen molar-refractivity contribution in [3.05, 3.63) is 48.0 Å². The Morgan fingerprint density at radius 1 is 0.938 bits per heavy atom. The molecule has 0 spiro atoms. The van der Waals surface area contributed by atoms with Gasteiger partial charge < -0.3 is 19.7 Å². The maximum atomic E-state index is 5.54. The van der Waals surface area contributed by atoms with E-state index < -0.39 is 0 Å². The summed E-state index contributed by atoms with van der Waals surface area (Å²) < 4.78 is 11.1. The minimum atomic E-state index is 0.387. The average molecular weight is 434 g/mol. The molecule has 32 heavy (non-hydrogen) atoms. The van der Waals surface area contributed by atoms with Crippen LogP contribution in [0, 0.1) is 0 Å². The number of anilines is 2. The van der Waals surface area contributed by atoms with Crippen molar-refractivity contribution in [2.75, 3.05) is 50.6 Å². The highest BCUT2D eigenvalue weighted by Gasteiger charge is 2.24. The van der Waals surface area contributed by atoms with Crippen molar-refractivity contribution in [1.29, 1.82) is 0 Å². The van der Waals surface area contributed by atoms with E-state index in [1.54, 1.807) is 14.2 Å². The number of aromatic nitrogens is 2. The van der Waals surface area contributed by atoms with Gasteiger partial charge in [-0.25, -0.2) is 4.98 Å². The highest BCUT2D eigenvalue weighted by molar-refractivity contribution is 5.93. The molecular formula is C25H31N5O2. The van der Waals surface area contributed by atoms with Crippen molar-refractivity contribution in [1.82, 2.24) is 14.9 Å². The van der Waals surface area contributed by atoms with Crippen LogP contribution in [-0.2, 0) is 6.54 Å². The standard InChI is InChI=1S/C25H31N5O2/c1-31-22-15-20-21(16-23(22)32-2)27-25(30-11-6-12-30)28-24(20)26-19-9-13-29(14-10-19)17-18-7-4-3-5-8-18/h3-5,7-8,15-16,19H,6,9-14,17H2,1-2H3,(H,26,27,28). The van der Waals surface area contributed by atoms with Crippen LogP contribution in [0.25, 0.3) is 10.9 Å². The second-order valence-electron chi connectivity index (χ2n) is 8.62. The van der Waals surface area contributed by atoms with Gasteiger partial charge in [-0.2, -0.15) is 4.98 Å². The third kappa shape index (κ3) is 4.30. The van der Waals surface area contributed by atoms with Gasteiger partial charge in [-0.05, 0) is 30.9 Å². The lowest BCUT2D eigenvalue weighted by Gasteiger charge is -2.34. The smallest absolute Gasteiger partial charge is 0.227 e. The SMILES string of the molecule is COc1cc2nc(N3CCC3)nc(NC3CCN(Cc4ccccc4)CC3)c2cc1OC. The van der Waals surface area contributed by atoms with Gasteiger partial charge in [0.2, 0.25) is 5.95 Å². The number of rotatable bonds is 7. The number of hydrogen-bond donors (Lipinski definition) is 1. The van der Waals surface area contributed by atoms with Gasteiger partial charge in [0.1, 0.15) is 5.82 Å². The molecule has 0 radical (unpaired) electrons. The summed E-state index contributed by atoms with van der Waals surface area (Å²) in [5.41, 5.74) is 2.25. The molecule has 0 amide bonds. The molecule has 2 aliphatic rings. The Morgan fingerprint density at radius 3 is 2.31 bits per heavy atom. The minimum Gasteiger partial charge on any atom is -0.493 e. The molecular weight excluding hydrogens is 402 g/mol. The van der Waals surface area contributed by atoms with E-state index in [9.17, 15) is 0 Å². The average Bonchev–Trinajstić information content (AvgIpc) is 2.79. The Kier molecular flexibility index (Phi) is 5.99. The Morgan fingerprint density at radius 2 is 1.66 bits per heavy atom. The van der Waals surface area contributed by atoms with Crippen LogP contribution in [-0.4, -0.2) is 61.3 Å². The molecule has 3 aromatic rings. The summed E-state index contributed by atoms with van der Waals surface area (Å²) in [5.74, 6) is 3.06. The lowest BCUT2D eigenvalue weighted by atomic mass is 10.0. The van der Waals surface area contributed by atoms with Crippen molar-refractivity contribution in [3.63, 3.8) is 0 Å². The largest absolute Gasteiger partial charge is 0.493 e. The molecule has 3 heterocycles. The van der Waals surface area contributed by atoms with Gasteiger partial charge in [0.25, 0.3) is 0 Å². The van der Waals surface area contributed by atoms with Crippen molar-refractivity contribution >= 4 is 22.7 Å². The Labute approximate surface area is 189 Å². The number of nitrogens with one attached hydrogen (secondary N) is 1. The van der Waals surface area contributed by atoms with E-state index in [4.69, 9.17) is 19.4 Å². The first-order valence-corrected chi connectivity index (χ1v) is 11.4. The second kappa shape index (κ2) is 9.20. The van der Waals surface area contributed by atoms with Crippen LogP contribution >= 0.6 is 0 Å². The molecule has 0 bridgehead atoms. The van der Waals surface area contributed by atoms with Gasteiger partial charge in [-0.3, -0.25) is 4.90 Å². The van der Waals surface area contributed by atoms with Crippen molar-refractivity contribution in [2.45, 2.75) is 31.8 Å². The lowest BCUT2D eigenvalue weighted by molar-refractivity contribution is 0.211. The molecule has 7 nitrogen and oxygen atoms in total. The third-order valence-electron chi connectivity index (χ3n) is 6.51. The molecule has 2 aromatic carbocycles. The summed E-state index contributed by atoms with van der Waals surface area (Å²) in [6.45, 7) is 5.18. The molecule has 2 saturated heterocycles. The number of fused-ring (bicyclic) bond motifs is 1. The maximum Gasteiger partial charge on any atom is 0.227 e. The van der Waals surface area contributed by atoms with Gasteiger partial charge in [-0.1, -0.05) is 30.3 Å². The highest BCUT2D eigenvalue weighted by Crippen LogP contribution is 2.36. The quantitative estimate of drug-likeness (QED) is 0.606. The number of nitrogens with zero attached hydrogens (tertiary/aromatic N) is 4. The molecule has 0 aliphatic carbocycles. The summed E-state index contributed by atoms with van der Waals surface area (Å²) in [6, 6.07) is 15.0. The zero-order valence-electron chi connectivity index (χ0n) is 18.9. The van der Waals surface area contributed by atoms with E-state index in [-0.39, 0.29) is 0 Å². The molecule has 168 valence electrons. The number of piperidine rings is 1. The maximum absolute atomic E-state index is 5.54. The van der Waals surface area contributed by atoms with Crippen LogP contribution < -0.4 is 19.7 Å².